The van der Waals surface area contributed by atoms with Crippen LogP contribution in [0.5, 0.6) is 0 Å². The first-order valence-electron chi connectivity index (χ1n) is 7.05. The van der Waals surface area contributed by atoms with Crippen LogP contribution in [0.25, 0.3) is 0 Å². The molecule has 20 heavy (non-hydrogen) atoms. The first kappa shape index (κ1) is 16.8. The van der Waals surface area contributed by atoms with Crippen LogP contribution in [-0.4, -0.2) is 26.4 Å². The molecule has 6 heteroatoms. The van der Waals surface area contributed by atoms with Crippen molar-refractivity contribution in [1.29, 1.82) is 0 Å². The number of carbonyl (C=O) groups is 1. The molecule has 112 valence electrons. The minimum absolute atomic E-state index is 0.0764. The van der Waals surface area contributed by atoms with Gasteiger partial charge in [0.2, 0.25) is 0 Å². The number of aromatic nitrogens is 2. The lowest BCUT2D eigenvalue weighted by atomic mass is 10.1. The van der Waals surface area contributed by atoms with Crippen molar-refractivity contribution >= 4 is 17.7 Å². The Hall–Kier alpha value is -1.30. The Kier molecular flexibility index (Phi) is 8.02. The summed E-state index contributed by atoms with van der Waals surface area (Å²) in [4.78, 5) is 25.7. The molecule has 1 aromatic rings. The van der Waals surface area contributed by atoms with E-state index in [2.05, 4.69) is 11.9 Å². The molecule has 0 aliphatic carbocycles. The third-order valence-corrected chi connectivity index (χ3v) is 3.90. The predicted octanol–water partition coefficient (Wildman–Crippen LogP) is 2.78. The summed E-state index contributed by atoms with van der Waals surface area (Å²) in [5.41, 5.74) is -0.322. The van der Waals surface area contributed by atoms with Gasteiger partial charge in [-0.2, -0.15) is 4.98 Å². The maximum absolute atomic E-state index is 11.3. The lowest BCUT2D eigenvalue weighted by Gasteiger charge is -2.10. The summed E-state index contributed by atoms with van der Waals surface area (Å²) < 4.78 is 1.87. The summed E-state index contributed by atoms with van der Waals surface area (Å²) in [6.45, 7) is 2.97. The van der Waals surface area contributed by atoms with Crippen LogP contribution in [0.15, 0.2) is 22.2 Å². The molecule has 0 saturated carbocycles. The van der Waals surface area contributed by atoms with Gasteiger partial charge in [-0.05, 0) is 6.42 Å². The van der Waals surface area contributed by atoms with Gasteiger partial charge in [0.15, 0.2) is 5.16 Å². The quantitative estimate of drug-likeness (QED) is 0.408. The molecule has 0 aromatic carbocycles. The normalized spacial score (nSPS) is 10.7. The number of hydrogen-bond acceptors (Lipinski definition) is 4. The molecule has 0 saturated heterocycles. The van der Waals surface area contributed by atoms with Crippen molar-refractivity contribution in [2.75, 3.05) is 5.75 Å². The van der Waals surface area contributed by atoms with E-state index in [1.807, 2.05) is 4.57 Å². The van der Waals surface area contributed by atoms with Crippen LogP contribution in [0.3, 0.4) is 0 Å². The third kappa shape index (κ3) is 6.75. The van der Waals surface area contributed by atoms with Gasteiger partial charge in [0.25, 0.3) is 5.56 Å². The Morgan fingerprint density at radius 3 is 2.70 bits per heavy atom. The van der Waals surface area contributed by atoms with Gasteiger partial charge >= 0.3 is 5.97 Å². The SMILES string of the molecule is CCCCCCCCn1ccc(=O)nc1SCC(=O)O. The molecule has 0 aliphatic heterocycles. The maximum Gasteiger partial charge on any atom is 0.313 e. The fraction of sp³-hybridized carbons (Fsp3) is 0.643. The second kappa shape index (κ2) is 9.58. The van der Waals surface area contributed by atoms with Crippen LogP contribution >= 0.6 is 11.8 Å². The molecule has 1 heterocycles. The molecule has 1 rings (SSSR count). The lowest BCUT2D eigenvalue weighted by Crippen LogP contribution is -2.14. The van der Waals surface area contributed by atoms with Gasteiger partial charge in [0.1, 0.15) is 0 Å². The zero-order valence-corrected chi connectivity index (χ0v) is 12.7. The molecular weight excluding hydrogens is 276 g/mol. The van der Waals surface area contributed by atoms with Crippen LogP contribution in [-0.2, 0) is 11.3 Å². The van der Waals surface area contributed by atoms with Crippen LogP contribution in [0.1, 0.15) is 45.4 Å². The van der Waals surface area contributed by atoms with Crippen molar-refractivity contribution < 1.29 is 9.90 Å². The Bertz CT molecular complexity index is 474. The van der Waals surface area contributed by atoms with Gasteiger partial charge in [-0.25, -0.2) is 0 Å². The molecule has 0 amide bonds. The van der Waals surface area contributed by atoms with E-state index in [1.54, 1.807) is 6.20 Å². The van der Waals surface area contributed by atoms with Crippen molar-refractivity contribution in [1.82, 2.24) is 9.55 Å². The summed E-state index contributed by atoms with van der Waals surface area (Å²) in [6, 6.07) is 1.42. The second-order valence-corrected chi connectivity index (χ2v) is 5.63. The fourth-order valence-electron chi connectivity index (χ4n) is 1.89. The van der Waals surface area contributed by atoms with Crippen LogP contribution in [0.2, 0.25) is 0 Å². The van der Waals surface area contributed by atoms with Crippen molar-refractivity contribution in [3.05, 3.63) is 22.6 Å². The Morgan fingerprint density at radius 2 is 2.00 bits per heavy atom. The Morgan fingerprint density at radius 1 is 1.30 bits per heavy atom. The summed E-state index contributed by atoms with van der Waals surface area (Å²) in [7, 11) is 0. The number of aryl methyl sites for hydroxylation is 1. The largest absolute Gasteiger partial charge is 0.481 e. The summed E-state index contributed by atoms with van der Waals surface area (Å²) in [6.07, 6.45) is 8.87. The number of carboxylic acid groups (broad SMARTS) is 1. The smallest absolute Gasteiger partial charge is 0.313 e. The molecule has 5 nitrogen and oxygen atoms in total. The number of rotatable bonds is 10. The third-order valence-electron chi connectivity index (χ3n) is 2.93. The van der Waals surface area contributed by atoms with Gasteiger partial charge in [0, 0.05) is 18.8 Å². The number of hydrogen-bond donors (Lipinski definition) is 1. The molecule has 0 bridgehead atoms. The van der Waals surface area contributed by atoms with Gasteiger partial charge < -0.3 is 9.67 Å². The van der Waals surface area contributed by atoms with Crippen molar-refractivity contribution in [3.8, 4) is 0 Å². The summed E-state index contributed by atoms with van der Waals surface area (Å²) in [5, 5.41) is 9.19. The van der Waals surface area contributed by atoms with E-state index in [4.69, 9.17) is 5.11 Å². The topological polar surface area (TPSA) is 72.2 Å². The summed E-state index contributed by atoms with van der Waals surface area (Å²) >= 11 is 1.09. The van der Waals surface area contributed by atoms with E-state index in [9.17, 15) is 9.59 Å². The number of carboxylic acids is 1. The zero-order chi connectivity index (χ0) is 14.8. The first-order valence-corrected chi connectivity index (χ1v) is 8.04. The van der Waals surface area contributed by atoms with Gasteiger partial charge in [-0.1, -0.05) is 50.8 Å². The average Bonchev–Trinajstić information content (AvgIpc) is 2.42. The minimum Gasteiger partial charge on any atom is -0.481 e. The molecule has 0 atom stereocenters. The molecule has 0 unspecified atom stereocenters. The number of unbranched alkanes of at least 4 members (excludes halogenated alkanes) is 5. The van der Waals surface area contributed by atoms with Gasteiger partial charge in [0.05, 0.1) is 5.75 Å². The maximum atomic E-state index is 11.3. The fourth-order valence-corrected chi connectivity index (χ4v) is 2.61. The number of nitrogens with zero attached hydrogens (tertiary/aromatic N) is 2. The van der Waals surface area contributed by atoms with E-state index in [-0.39, 0.29) is 11.3 Å². The Balaban J connectivity index is 2.47. The second-order valence-electron chi connectivity index (χ2n) is 4.69. The standard InChI is InChI=1S/C14H22N2O3S/c1-2-3-4-5-6-7-9-16-10-8-12(17)15-14(16)20-11-13(18)19/h8,10H,2-7,9,11H2,1H3,(H,18,19). The zero-order valence-electron chi connectivity index (χ0n) is 11.9. The van der Waals surface area contributed by atoms with E-state index in [0.29, 0.717) is 5.16 Å². The summed E-state index contributed by atoms with van der Waals surface area (Å²) in [5.74, 6) is -0.980. The number of thioether (sulfide) groups is 1. The van der Waals surface area contributed by atoms with Crippen LogP contribution in [0, 0.1) is 0 Å². The van der Waals surface area contributed by atoms with E-state index >= 15 is 0 Å². The monoisotopic (exact) mass is 298 g/mol. The Labute approximate surface area is 123 Å². The molecule has 1 N–H and O–H groups in total. The van der Waals surface area contributed by atoms with Crippen molar-refractivity contribution in [2.24, 2.45) is 0 Å². The molecule has 0 fully saturated rings. The average molecular weight is 298 g/mol. The molecule has 0 aliphatic rings. The highest BCUT2D eigenvalue weighted by Gasteiger charge is 2.06. The van der Waals surface area contributed by atoms with Crippen LogP contribution < -0.4 is 5.56 Å². The molecular formula is C14H22N2O3S. The first-order chi connectivity index (χ1) is 9.63. The number of aliphatic carboxylic acids is 1. The molecule has 1 aromatic heterocycles. The van der Waals surface area contributed by atoms with Crippen LogP contribution in [0.4, 0.5) is 0 Å². The van der Waals surface area contributed by atoms with E-state index < -0.39 is 5.97 Å². The lowest BCUT2D eigenvalue weighted by molar-refractivity contribution is -0.133. The highest BCUT2D eigenvalue weighted by molar-refractivity contribution is 7.99. The highest BCUT2D eigenvalue weighted by Crippen LogP contribution is 2.15. The predicted molar refractivity (Wildman–Crippen MR) is 80.2 cm³/mol. The minimum atomic E-state index is -0.904. The van der Waals surface area contributed by atoms with E-state index in [0.717, 1.165) is 31.1 Å². The molecule has 0 spiro atoms. The van der Waals surface area contributed by atoms with Crippen molar-refractivity contribution in [3.63, 3.8) is 0 Å². The van der Waals surface area contributed by atoms with Gasteiger partial charge in [-0.3, -0.25) is 9.59 Å². The van der Waals surface area contributed by atoms with E-state index in [1.165, 1.54) is 31.7 Å². The molecule has 0 radical (unpaired) electrons. The van der Waals surface area contributed by atoms with Gasteiger partial charge in [-0.15, -0.1) is 0 Å². The highest BCUT2D eigenvalue weighted by atomic mass is 32.2. The van der Waals surface area contributed by atoms with Crippen molar-refractivity contribution in [2.45, 2.75) is 57.1 Å².